The summed E-state index contributed by atoms with van der Waals surface area (Å²) in [6.45, 7) is 4.82. The molecule has 1 aliphatic heterocycles. The van der Waals surface area contributed by atoms with E-state index in [1.165, 1.54) is 17.7 Å². The van der Waals surface area contributed by atoms with E-state index in [9.17, 15) is 9.59 Å². The Morgan fingerprint density at radius 1 is 1.21 bits per heavy atom. The van der Waals surface area contributed by atoms with Crippen LogP contribution < -0.4 is 5.32 Å². The Kier molecular flexibility index (Phi) is 5.99. The third-order valence-electron chi connectivity index (χ3n) is 7.24. The molecule has 2 aliphatic rings. The number of carbonyl (C=O) groups is 2. The standard InChI is InChI=1S/C26H32N4O2S/c1-3-20-14-21-23(33-20)15-22-24(31)30(16-19-12-8-9-13-27-19)26(2,17-29(21)22)25(32)28-18-10-6-4-5-7-11-18/h8-9,12-15,18H,3-7,10-11,16-17H2,1-2H3,(H,28,32). The van der Waals surface area contributed by atoms with Crippen molar-refractivity contribution in [1.29, 1.82) is 0 Å². The maximum absolute atomic E-state index is 13.8. The minimum Gasteiger partial charge on any atom is -0.351 e. The van der Waals surface area contributed by atoms with Gasteiger partial charge in [0, 0.05) is 17.1 Å². The maximum atomic E-state index is 13.8. The van der Waals surface area contributed by atoms with Crippen molar-refractivity contribution in [3.05, 3.63) is 52.8 Å². The van der Waals surface area contributed by atoms with E-state index in [1.54, 1.807) is 22.4 Å². The first-order valence-electron chi connectivity index (χ1n) is 12.1. The monoisotopic (exact) mass is 464 g/mol. The molecule has 4 heterocycles. The van der Waals surface area contributed by atoms with E-state index in [0.29, 0.717) is 18.8 Å². The molecule has 0 spiro atoms. The van der Waals surface area contributed by atoms with Gasteiger partial charge in [-0.25, -0.2) is 0 Å². The average molecular weight is 465 g/mol. The maximum Gasteiger partial charge on any atom is 0.271 e. The number of nitrogens with one attached hydrogen (secondary N) is 1. The van der Waals surface area contributed by atoms with Crippen LogP contribution in [0.4, 0.5) is 0 Å². The molecule has 3 aromatic rings. The Bertz CT molecular complexity index is 1160. The lowest BCUT2D eigenvalue weighted by Crippen LogP contribution is -2.64. The normalized spacial score (nSPS) is 21.8. The van der Waals surface area contributed by atoms with Gasteiger partial charge in [0.25, 0.3) is 5.91 Å². The molecule has 33 heavy (non-hydrogen) atoms. The molecule has 3 aromatic heterocycles. The van der Waals surface area contributed by atoms with Gasteiger partial charge in [0.05, 0.1) is 29.0 Å². The molecule has 0 aromatic carbocycles. The second-order valence-corrected chi connectivity index (χ2v) is 10.7. The van der Waals surface area contributed by atoms with Crippen LogP contribution in [-0.2, 0) is 24.3 Å². The van der Waals surface area contributed by atoms with Gasteiger partial charge in [-0.15, -0.1) is 11.3 Å². The van der Waals surface area contributed by atoms with Crippen LogP contribution in [0.3, 0.4) is 0 Å². The van der Waals surface area contributed by atoms with Crippen LogP contribution >= 0.6 is 11.3 Å². The third kappa shape index (κ3) is 4.07. The summed E-state index contributed by atoms with van der Waals surface area (Å²) < 4.78 is 3.18. The van der Waals surface area contributed by atoms with Gasteiger partial charge < -0.3 is 14.8 Å². The molecule has 5 rings (SSSR count). The van der Waals surface area contributed by atoms with Gasteiger partial charge >= 0.3 is 0 Å². The first-order valence-corrected chi connectivity index (χ1v) is 13.0. The SMILES string of the molecule is CCc1cc2c(cc3n2CC(C)(C(=O)NC2CCCCCC2)N(Cc2ccccn2)C3=O)s1. The lowest BCUT2D eigenvalue weighted by molar-refractivity contribution is -0.134. The van der Waals surface area contributed by atoms with E-state index in [0.717, 1.165) is 48.0 Å². The number of pyridine rings is 1. The number of fused-ring (bicyclic) bond motifs is 3. The van der Waals surface area contributed by atoms with E-state index in [-0.39, 0.29) is 17.9 Å². The zero-order valence-electron chi connectivity index (χ0n) is 19.5. The lowest BCUT2D eigenvalue weighted by Gasteiger charge is -2.44. The highest BCUT2D eigenvalue weighted by Gasteiger charge is 2.48. The Morgan fingerprint density at radius 2 is 2.00 bits per heavy atom. The first kappa shape index (κ1) is 22.1. The highest BCUT2D eigenvalue weighted by Crippen LogP contribution is 2.37. The summed E-state index contributed by atoms with van der Waals surface area (Å²) in [4.78, 5) is 35.1. The largest absolute Gasteiger partial charge is 0.351 e. The molecule has 174 valence electrons. The zero-order chi connectivity index (χ0) is 23.0. The van der Waals surface area contributed by atoms with Gasteiger partial charge in [-0.3, -0.25) is 14.6 Å². The van der Waals surface area contributed by atoms with E-state index in [4.69, 9.17) is 0 Å². The van der Waals surface area contributed by atoms with E-state index in [2.05, 4.69) is 27.9 Å². The number of aryl methyl sites for hydroxylation is 1. The molecule has 2 amide bonds. The Balaban J connectivity index is 1.53. The fraction of sp³-hybridized carbons (Fsp3) is 0.500. The predicted octanol–water partition coefficient (Wildman–Crippen LogP) is 4.91. The summed E-state index contributed by atoms with van der Waals surface area (Å²) >= 11 is 1.73. The third-order valence-corrected chi connectivity index (χ3v) is 8.46. The van der Waals surface area contributed by atoms with Gasteiger partial charge in [-0.1, -0.05) is 38.7 Å². The number of amides is 2. The molecular formula is C26H32N4O2S. The number of aromatic nitrogens is 2. The van der Waals surface area contributed by atoms with Crippen molar-refractivity contribution < 1.29 is 9.59 Å². The second kappa shape index (κ2) is 8.93. The molecule has 1 unspecified atom stereocenters. The lowest BCUT2D eigenvalue weighted by atomic mass is 9.93. The van der Waals surface area contributed by atoms with Crippen molar-refractivity contribution in [3.8, 4) is 0 Å². The summed E-state index contributed by atoms with van der Waals surface area (Å²) in [6.07, 6.45) is 9.49. The van der Waals surface area contributed by atoms with Crippen LogP contribution in [-0.4, -0.2) is 37.8 Å². The summed E-state index contributed by atoms with van der Waals surface area (Å²) in [5.74, 6) is -0.163. The smallest absolute Gasteiger partial charge is 0.271 e. The van der Waals surface area contributed by atoms with Gasteiger partial charge in [0.2, 0.25) is 5.91 Å². The minimum absolute atomic E-state index is 0.0582. The quantitative estimate of drug-likeness (QED) is 0.546. The van der Waals surface area contributed by atoms with Crippen LogP contribution in [0.15, 0.2) is 36.5 Å². The fourth-order valence-corrected chi connectivity index (χ4v) is 6.27. The molecule has 0 radical (unpaired) electrons. The Hall–Kier alpha value is -2.67. The van der Waals surface area contributed by atoms with Crippen LogP contribution in [0.2, 0.25) is 0 Å². The number of carbonyl (C=O) groups excluding carboxylic acids is 2. The van der Waals surface area contributed by atoms with Crippen LogP contribution in [0.25, 0.3) is 10.2 Å². The zero-order valence-corrected chi connectivity index (χ0v) is 20.3. The molecule has 1 fully saturated rings. The molecule has 1 saturated carbocycles. The van der Waals surface area contributed by atoms with Crippen LogP contribution in [0.1, 0.15) is 73.4 Å². The van der Waals surface area contributed by atoms with E-state index < -0.39 is 5.54 Å². The van der Waals surface area contributed by atoms with Crippen molar-refractivity contribution in [2.75, 3.05) is 0 Å². The molecule has 1 N–H and O–H groups in total. The number of hydrogen-bond acceptors (Lipinski definition) is 4. The first-order chi connectivity index (χ1) is 16.0. The Labute approximate surface area is 199 Å². The molecule has 6 nitrogen and oxygen atoms in total. The summed E-state index contributed by atoms with van der Waals surface area (Å²) in [5, 5.41) is 3.33. The van der Waals surface area contributed by atoms with E-state index >= 15 is 0 Å². The number of nitrogens with zero attached hydrogens (tertiary/aromatic N) is 3. The van der Waals surface area contributed by atoms with Gasteiger partial charge in [0.15, 0.2) is 0 Å². The topological polar surface area (TPSA) is 67.2 Å². The molecule has 7 heteroatoms. The van der Waals surface area contributed by atoms with Crippen molar-refractivity contribution in [3.63, 3.8) is 0 Å². The van der Waals surface area contributed by atoms with Crippen LogP contribution in [0.5, 0.6) is 0 Å². The molecule has 0 bridgehead atoms. The number of rotatable bonds is 5. The molecule has 1 aliphatic carbocycles. The minimum atomic E-state index is -0.992. The van der Waals surface area contributed by atoms with Crippen molar-refractivity contribution in [2.24, 2.45) is 0 Å². The average Bonchev–Trinajstić information content (AvgIpc) is 3.26. The number of thiophene rings is 1. The molecular weight excluding hydrogens is 432 g/mol. The van der Waals surface area contributed by atoms with Crippen molar-refractivity contribution in [1.82, 2.24) is 19.8 Å². The van der Waals surface area contributed by atoms with Crippen molar-refractivity contribution in [2.45, 2.75) is 83.5 Å². The summed E-state index contributed by atoms with van der Waals surface area (Å²) in [5.41, 5.74) is 1.52. The highest BCUT2D eigenvalue weighted by atomic mass is 32.1. The summed E-state index contributed by atoms with van der Waals surface area (Å²) in [6, 6.07) is 10.1. The van der Waals surface area contributed by atoms with E-state index in [1.807, 2.05) is 31.2 Å². The second-order valence-electron chi connectivity index (χ2n) is 9.58. The molecule has 0 saturated heterocycles. The van der Waals surface area contributed by atoms with Gasteiger partial charge in [-0.2, -0.15) is 0 Å². The van der Waals surface area contributed by atoms with Crippen LogP contribution in [0, 0.1) is 0 Å². The van der Waals surface area contributed by atoms with Gasteiger partial charge in [-0.05, 0) is 50.5 Å². The van der Waals surface area contributed by atoms with Gasteiger partial charge in [0.1, 0.15) is 11.2 Å². The fourth-order valence-electron chi connectivity index (χ4n) is 5.23. The molecule has 1 atom stereocenters. The summed E-state index contributed by atoms with van der Waals surface area (Å²) in [7, 11) is 0. The number of hydrogen-bond donors (Lipinski definition) is 1. The van der Waals surface area contributed by atoms with Crippen molar-refractivity contribution >= 4 is 33.4 Å². The Morgan fingerprint density at radius 3 is 2.70 bits per heavy atom. The predicted molar refractivity (Wildman–Crippen MR) is 131 cm³/mol. The highest BCUT2D eigenvalue weighted by molar-refractivity contribution is 7.19.